The van der Waals surface area contributed by atoms with Gasteiger partial charge in [-0.05, 0) is 12.1 Å². The lowest BCUT2D eigenvalue weighted by Gasteiger charge is -2.11. The average Bonchev–Trinajstić information content (AvgIpc) is 3.41. The molecule has 4 aromatic rings. The molecule has 3 aromatic heterocycles. The van der Waals surface area contributed by atoms with Crippen molar-refractivity contribution in [3.05, 3.63) is 59.3 Å². The number of rotatable bonds is 8. The Kier molecular flexibility index (Phi) is 6.42. The molecule has 0 saturated carbocycles. The Balaban J connectivity index is 1.68. The molecule has 0 fully saturated rings. The number of nitrogens with one attached hydrogen (secondary N) is 2. The van der Waals surface area contributed by atoms with Gasteiger partial charge in [0.25, 0.3) is 0 Å². The van der Waals surface area contributed by atoms with Crippen molar-refractivity contribution in [1.82, 2.24) is 19.7 Å². The maximum Gasteiger partial charge on any atom is 0.247 e. The number of carbonyl (C=O) groups is 2. The molecule has 2 N–H and O–H groups in total. The Labute approximate surface area is 201 Å². The van der Waals surface area contributed by atoms with Crippen molar-refractivity contribution in [2.45, 2.75) is 0 Å². The molecule has 180 valence electrons. The molecule has 0 unspecified atom stereocenters. The number of fused-ring (bicyclic) bond motifs is 1. The highest BCUT2D eigenvalue weighted by Gasteiger charge is 2.27. The molecule has 3 heterocycles. The maximum atomic E-state index is 14.8. The third-order valence-corrected chi connectivity index (χ3v) is 5.84. The van der Waals surface area contributed by atoms with Gasteiger partial charge in [-0.3, -0.25) is 14.3 Å². The Morgan fingerprint density at radius 2 is 1.86 bits per heavy atom. The van der Waals surface area contributed by atoms with Crippen LogP contribution >= 0.6 is 11.3 Å². The second kappa shape index (κ2) is 9.46. The molecule has 10 nitrogen and oxygen atoms in total. The number of thiophene rings is 1. The number of aromatic nitrogens is 4. The monoisotopic (exact) mass is 500 g/mol. The van der Waals surface area contributed by atoms with Crippen LogP contribution < -0.4 is 20.1 Å². The Morgan fingerprint density at radius 1 is 1.17 bits per heavy atom. The number of aryl methyl sites for hydroxylation is 1. The molecule has 0 aliphatic carbocycles. The van der Waals surface area contributed by atoms with Crippen molar-refractivity contribution in [3.8, 4) is 11.5 Å². The van der Waals surface area contributed by atoms with Crippen molar-refractivity contribution >= 4 is 50.7 Å². The molecule has 0 aliphatic rings. The summed E-state index contributed by atoms with van der Waals surface area (Å²) in [5.74, 6) is -3.82. The third kappa shape index (κ3) is 4.53. The highest BCUT2D eigenvalue weighted by molar-refractivity contribution is 7.20. The Hall–Kier alpha value is -4.39. The minimum Gasteiger partial charge on any atom is -0.494 e. The highest BCUT2D eigenvalue weighted by Crippen LogP contribution is 2.35. The van der Waals surface area contributed by atoms with Gasteiger partial charge < -0.3 is 20.1 Å². The quantitative estimate of drug-likeness (QED) is 0.277. The third-order valence-electron chi connectivity index (χ3n) is 4.80. The number of halogens is 2. The summed E-state index contributed by atoms with van der Waals surface area (Å²) in [6.45, 7) is 3.41. The Bertz CT molecular complexity index is 1450. The van der Waals surface area contributed by atoms with Crippen LogP contribution in [0.3, 0.4) is 0 Å². The first-order valence-electron chi connectivity index (χ1n) is 9.91. The second-order valence-electron chi connectivity index (χ2n) is 7.06. The largest absolute Gasteiger partial charge is 0.494 e. The predicted molar refractivity (Wildman–Crippen MR) is 126 cm³/mol. The van der Waals surface area contributed by atoms with Crippen LogP contribution in [0, 0.1) is 11.6 Å². The molecule has 13 heteroatoms. The molecular weight excluding hydrogens is 482 g/mol. The average molecular weight is 500 g/mol. The lowest BCUT2D eigenvalue weighted by molar-refractivity contribution is -0.111. The molecular formula is C22H18F2N6O4S. The summed E-state index contributed by atoms with van der Waals surface area (Å²) in [6, 6.07) is 2.46. The summed E-state index contributed by atoms with van der Waals surface area (Å²) in [7, 11) is 4.06. The van der Waals surface area contributed by atoms with Gasteiger partial charge in [0.2, 0.25) is 17.6 Å². The number of ketones is 1. The number of benzene rings is 1. The van der Waals surface area contributed by atoms with E-state index < -0.39 is 28.9 Å². The van der Waals surface area contributed by atoms with Crippen LogP contribution in [0.2, 0.25) is 0 Å². The summed E-state index contributed by atoms with van der Waals surface area (Å²) in [5.41, 5.74) is -0.420. The van der Waals surface area contributed by atoms with Gasteiger partial charge in [0.1, 0.15) is 16.1 Å². The standard InChI is InChI=1S/C22H18F2N6O4S/c1-5-15(31)26-11-9-30(2)29-20(11)27-22-25-8-10-6-14(35-21(10)28-22)19(32)16-17(23)12(33-3)7-13(34-4)18(16)24/h5-9H,1H2,2-4H3,(H,26,31)(H,25,27,28,29). The van der Waals surface area contributed by atoms with E-state index in [0.717, 1.165) is 23.5 Å². The first-order valence-corrected chi connectivity index (χ1v) is 10.7. The van der Waals surface area contributed by atoms with Crippen LogP contribution in [-0.4, -0.2) is 45.7 Å². The number of hydrogen-bond acceptors (Lipinski definition) is 9. The van der Waals surface area contributed by atoms with E-state index in [2.05, 4.69) is 32.3 Å². The molecule has 4 rings (SSSR count). The normalized spacial score (nSPS) is 10.8. The van der Waals surface area contributed by atoms with Gasteiger partial charge in [-0.2, -0.15) is 5.10 Å². The van der Waals surface area contributed by atoms with Gasteiger partial charge in [0, 0.05) is 24.7 Å². The fourth-order valence-corrected chi connectivity index (χ4v) is 4.12. The van der Waals surface area contributed by atoms with Gasteiger partial charge in [-0.25, -0.2) is 18.7 Å². The SMILES string of the molecule is C=CC(=O)Nc1cn(C)nc1Nc1ncc2cc(C(=O)c3c(F)c(OC)cc(OC)c3F)sc2n1. The Morgan fingerprint density at radius 3 is 2.49 bits per heavy atom. The zero-order valence-corrected chi connectivity index (χ0v) is 19.5. The van der Waals surface area contributed by atoms with Crippen LogP contribution in [-0.2, 0) is 11.8 Å². The zero-order valence-electron chi connectivity index (χ0n) is 18.7. The van der Waals surface area contributed by atoms with Gasteiger partial charge in [-0.1, -0.05) is 6.58 Å². The predicted octanol–water partition coefficient (Wildman–Crippen LogP) is 3.82. The number of nitrogens with zero attached hydrogens (tertiary/aromatic N) is 4. The van der Waals surface area contributed by atoms with Crippen LogP contribution in [0.25, 0.3) is 10.2 Å². The molecule has 0 aliphatic heterocycles. The summed E-state index contributed by atoms with van der Waals surface area (Å²) >= 11 is 0.929. The van der Waals surface area contributed by atoms with Crippen LogP contribution in [0.5, 0.6) is 11.5 Å². The topological polar surface area (TPSA) is 120 Å². The highest BCUT2D eigenvalue weighted by atomic mass is 32.1. The molecule has 0 atom stereocenters. The minimum absolute atomic E-state index is 0.0383. The fourth-order valence-electron chi connectivity index (χ4n) is 3.17. The number of amides is 1. The number of carbonyl (C=O) groups excluding carboxylic acids is 2. The van der Waals surface area contributed by atoms with E-state index in [4.69, 9.17) is 9.47 Å². The van der Waals surface area contributed by atoms with Gasteiger partial charge in [0.15, 0.2) is 29.0 Å². The van der Waals surface area contributed by atoms with Gasteiger partial charge in [-0.15, -0.1) is 11.3 Å². The van der Waals surface area contributed by atoms with Crippen molar-refractivity contribution in [2.24, 2.45) is 7.05 Å². The van der Waals surface area contributed by atoms with E-state index in [1.54, 1.807) is 13.2 Å². The number of ether oxygens (including phenoxy) is 2. The zero-order chi connectivity index (χ0) is 25.3. The van der Waals surface area contributed by atoms with Gasteiger partial charge >= 0.3 is 0 Å². The summed E-state index contributed by atoms with van der Waals surface area (Å²) in [4.78, 5) is 33.7. The first-order chi connectivity index (χ1) is 16.7. The van der Waals surface area contributed by atoms with Crippen molar-refractivity contribution in [1.29, 1.82) is 0 Å². The molecule has 0 spiro atoms. The smallest absolute Gasteiger partial charge is 0.247 e. The number of hydrogen-bond donors (Lipinski definition) is 2. The summed E-state index contributed by atoms with van der Waals surface area (Å²) in [6.07, 6.45) is 4.14. The van der Waals surface area contributed by atoms with E-state index in [0.29, 0.717) is 15.9 Å². The number of anilines is 3. The molecule has 1 aromatic carbocycles. The summed E-state index contributed by atoms with van der Waals surface area (Å²) < 4.78 is 40.9. The minimum atomic E-state index is -1.13. The van der Waals surface area contributed by atoms with Crippen LogP contribution in [0.15, 0.2) is 37.2 Å². The lowest BCUT2D eigenvalue weighted by atomic mass is 10.1. The van der Waals surface area contributed by atoms with Gasteiger partial charge in [0.05, 0.1) is 25.3 Å². The molecule has 1 amide bonds. The van der Waals surface area contributed by atoms with Crippen LogP contribution in [0.4, 0.5) is 26.2 Å². The summed E-state index contributed by atoms with van der Waals surface area (Å²) in [5, 5.41) is 10.2. The van der Waals surface area contributed by atoms with Crippen molar-refractivity contribution in [2.75, 3.05) is 24.9 Å². The second-order valence-corrected chi connectivity index (χ2v) is 8.09. The molecule has 0 radical (unpaired) electrons. The van der Waals surface area contributed by atoms with E-state index in [1.165, 1.54) is 31.2 Å². The van der Waals surface area contributed by atoms with E-state index >= 15 is 0 Å². The van der Waals surface area contributed by atoms with E-state index in [1.807, 2.05) is 0 Å². The van der Waals surface area contributed by atoms with E-state index in [-0.39, 0.29) is 28.1 Å². The van der Waals surface area contributed by atoms with Crippen molar-refractivity contribution in [3.63, 3.8) is 0 Å². The van der Waals surface area contributed by atoms with Crippen LogP contribution in [0.1, 0.15) is 15.2 Å². The fraction of sp³-hybridized carbons (Fsp3) is 0.136. The molecule has 0 saturated heterocycles. The molecule has 0 bridgehead atoms. The number of methoxy groups -OCH3 is 2. The maximum absolute atomic E-state index is 14.8. The lowest BCUT2D eigenvalue weighted by Crippen LogP contribution is -2.09. The van der Waals surface area contributed by atoms with Crippen molar-refractivity contribution < 1.29 is 27.8 Å². The molecule has 35 heavy (non-hydrogen) atoms. The first kappa shape index (κ1) is 23.8. The van der Waals surface area contributed by atoms with E-state index in [9.17, 15) is 18.4 Å².